The zero-order valence-corrected chi connectivity index (χ0v) is 15.2. The average Bonchev–Trinajstić information content (AvgIpc) is 3.34. The summed E-state index contributed by atoms with van der Waals surface area (Å²) in [4.78, 5) is 18.9. The molecule has 0 atom stereocenters. The fraction of sp³-hybridized carbons (Fsp3) is 0.353. The van der Waals surface area contributed by atoms with E-state index in [9.17, 15) is 4.79 Å². The zero-order valence-electron chi connectivity index (χ0n) is 14.4. The minimum atomic E-state index is -0.226. The molecule has 0 radical (unpaired) electrons. The number of hydrogen-bond donors (Lipinski definition) is 1. The highest BCUT2D eigenvalue weighted by Gasteiger charge is 2.23. The second kappa shape index (κ2) is 7.20. The van der Waals surface area contributed by atoms with Gasteiger partial charge in [-0.2, -0.15) is 5.10 Å². The van der Waals surface area contributed by atoms with Crippen LogP contribution in [-0.4, -0.2) is 44.0 Å². The van der Waals surface area contributed by atoms with Crippen molar-refractivity contribution in [2.75, 3.05) is 23.3 Å². The van der Waals surface area contributed by atoms with Gasteiger partial charge in [0.25, 0.3) is 5.91 Å². The van der Waals surface area contributed by atoms with Gasteiger partial charge < -0.3 is 4.90 Å². The van der Waals surface area contributed by atoms with Crippen LogP contribution < -0.4 is 10.2 Å². The highest BCUT2D eigenvalue weighted by atomic mass is 32.1. The highest BCUT2D eigenvalue weighted by molar-refractivity contribution is 7.13. The predicted molar refractivity (Wildman–Crippen MR) is 99.5 cm³/mol. The third kappa shape index (κ3) is 3.43. The van der Waals surface area contributed by atoms with Crippen molar-refractivity contribution >= 4 is 28.2 Å². The lowest BCUT2D eigenvalue weighted by atomic mass is 9.93. The van der Waals surface area contributed by atoms with Gasteiger partial charge in [0.15, 0.2) is 0 Å². The number of anilines is 2. The summed E-state index contributed by atoms with van der Waals surface area (Å²) in [7, 11) is 1.99. The number of hydrogen-bond acceptors (Lipinski definition) is 7. The summed E-state index contributed by atoms with van der Waals surface area (Å²) in [5, 5.41) is 15.0. The van der Waals surface area contributed by atoms with Gasteiger partial charge >= 0.3 is 0 Å². The first-order valence-electron chi connectivity index (χ1n) is 8.47. The number of aromatic nitrogens is 5. The first-order chi connectivity index (χ1) is 12.7. The molecule has 0 saturated carbocycles. The van der Waals surface area contributed by atoms with Gasteiger partial charge in [0.1, 0.15) is 11.3 Å². The molecule has 1 aliphatic rings. The summed E-state index contributed by atoms with van der Waals surface area (Å²) in [6, 6.07) is 5.80. The Morgan fingerprint density at radius 3 is 2.73 bits per heavy atom. The molecule has 134 valence electrons. The summed E-state index contributed by atoms with van der Waals surface area (Å²) in [5.41, 5.74) is 3.38. The molecule has 1 saturated heterocycles. The Labute approximate surface area is 154 Å². The van der Waals surface area contributed by atoms with Gasteiger partial charge in [-0.25, -0.2) is 4.98 Å². The second-order valence-corrected chi connectivity index (χ2v) is 7.08. The number of carbonyl (C=O) groups excluding carboxylic acids is 1. The molecule has 0 unspecified atom stereocenters. The highest BCUT2D eigenvalue weighted by Crippen LogP contribution is 2.29. The van der Waals surface area contributed by atoms with Crippen molar-refractivity contribution in [1.29, 1.82) is 0 Å². The van der Waals surface area contributed by atoms with E-state index in [0.29, 0.717) is 16.6 Å². The van der Waals surface area contributed by atoms with E-state index in [0.717, 1.165) is 31.7 Å². The first-order valence-corrected chi connectivity index (χ1v) is 9.35. The van der Waals surface area contributed by atoms with Crippen LogP contribution in [0, 0.1) is 0 Å². The Kier molecular flexibility index (Phi) is 4.61. The quantitative estimate of drug-likeness (QED) is 0.759. The van der Waals surface area contributed by atoms with E-state index in [2.05, 4.69) is 36.6 Å². The molecule has 26 heavy (non-hydrogen) atoms. The van der Waals surface area contributed by atoms with Crippen LogP contribution >= 0.6 is 11.3 Å². The molecule has 1 N–H and O–H groups in total. The Hall–Kier alpha value is -2.81. The van der Waals surface area contributed by atoms with E-state index in [-0.39, 0.29) is 5.91 Å². The number of piperidine rings is 1. The molecular weight excluding hydrogens is 350 g/mol. The van der Waals surface area contributed by atoms with E-state index in [1.165, 1.54) is 17.0 Å². The summed E-state index contributed by atoms with van der Waals surface area (Å²) in [6.07, 6.45) is 5.61. The van der Waals surface area contributed by atoms with E-state index in [1.807, 2.05) is 24.0 Å². The predicted octanol–water partition coefficient (Wildman–Crippen LogP) is 2.30. The maximum Gasteiger partial charge on any atom is 0.259 e. The lowest BCUT2D eigenvalue weighted by Gasteiger charge is -2.32. The van der Waals surface area contributed by atoms with Gasteiger partial charge in [-0.1, -0.05) is 11.3 Å². The van der Waals surface area contributed by atoms with Crippen molar-refractivity contribution in [3.05, 3.63) is 47.4 Å². The van der Waals surface area contributed by atoms with Gasteiger partial charge in [0.2, 0.25) is 5.13 Å². The number of rotatable bonds is 4. The molecular formula is C17H19N7OS. The molecule has 1 aliphatic heterocycles. The van der Waals surface area contributed by atoms with Gasteiger partial charge in [0.05, 0.1) is 5.56 Å². The molecule has 3 aromatic heterocycles. The van der Waals surface area contributed by atoms with Gasteiger partial charge in [-0.15, -0.1) is 10.2 Å². The number of nitrogens with zero attached hydrogens (tertiary/aromatic N) is 6. The van der Waals surface area contributed by atoms with Crippen LogP contribution in [-0.2, 0) is 7.05 Å². The van der Waals surface area contributed by atoms with E-state index in [1.54, 1.807) is 17.8 Å². The molecule has 8 nitrogen and oxygen atoms in total. The lowest BCUT2D eigenvalue weighted by Crippen LogP contribution is -2.34. The molecule has 1 amide bonds. The fourth-order valence-electron chi connectivity index (χ4n) is 3.29. The zero-order chi connectivity index (χ0) is 17.9. The lowest BCUT2D eigenvalue weighted by molar-refractivity contribution is 0.102. The van der Waals surface area contributed by atoms with Gasteiger partial charge in [-0.3, -0.25) is 14.8 Å². The summed E-state index contributed by atoms with van der Waals surface area (Å²) in [6.45, 7) is 1.89. The summed E-state index contributed by atoms with van der Waals surface area (Å²) in [5.74, 6) is 1.22. The maximum absolute atomic E-state index is 12.2. The Morgan fingerprint density at radius 2 is 2.12 bits per heavy atom. The summed E-state index contributed by atoms with van der Waals surface area (Å²) < 4.78 is 1.96. The van der Waals surface area contributed by atoms with Crippen LogP contribution in [0.2, 0.25) is 0 Å². The van der Waals surface area contributed by atoms with Crippen molar-refractivity contribution in [1.82, 2.24) is 25.0 Å². The minimum absolute atomic E-state index is 0.226. The van der Waals surface area contributed by atoms with Crippen LogP contribution in [0.3, 0.4) is 0 Å². The third-order valence-electron chi connectivity index (χ3n) is 4.69. The van der Waals surface area contributed by atoms with Crippen molar-refractivity contribution in [2.45, 2.75) is 18.8 Å². The minimum Gasteiger partial charge on any atom is -0.357 e. The molecule has 0 aliphatic carbocycles. The fourth-order valence-corrected chi connectivity index (χ4v) is 3.73. The SMILES string of the molecule is Cn1nccc1C1CCN(c2ccc(C(=O)Nc3nncs3)cn2)CC1. The molecule has 0 aromatic carbocycles. The molecule has 3 aromatic rings. The Balaban J connectivity index is 1.37. The van der Waals surface area contributed by atoms with Crippen molar-refractivity contribution < 1.29 is 4.79 Å². The largest absolute Gasteiger partial charge is 0.357 e. The smallest absolute Gasteiger partial charge is 0.259 e. The van der Waals surface area contributed by atoms with Crippen LogP contribution in [0.1, 0.15) is 34.8 Å². The normalized spacial score (nSPS) is 15.2. The van der Waals surface area contributed by atoms with Crippen LogP contribution in [0.15, 0.2) is 36.1 Å². The first kappa shape index (κ1) is 16.6. The molecule has 1 fully saturated rings. The van der Waals surface area contributed by atoms with Crippen LogP contribution in [0.25, 0.3) is 0 Å². The standard InChI is InChI=1S/C17H19N7OS/c1-23-14(4-7-20-23)12-5-8-24(9-6-12)15-3-2-13(10-18-15)16(25)21-17-22-19-11-26-17/h2-4,7,10-12H,5-6,8-9H2,1H3,(H,21,22,25). The van der Waals surface area contributed by atoms with Crippen LogP contribution in [0.4, 0.5) is 10.9 Å². The molecule has 0 bridgehead atoms. The summed E-state index contributed by atoms with van der Waals surface area (Å²) >= 11 is 1.28. The molecule has 9 heteroatoms. The number of carbonyl (C=O) groups is 1. The number of nitrogens with one attached hydrogen (secondary N) is 1. The Morgan fingerprint density at radius 1 is 1.27 bits per heavy atom. The number of pyridine rings is 1. The second-order valence-electron chi connectivity index (χ2n) is 6.24. The Bertz CT molecular complexity index is 867. The monoisotopic (exact) mass is 369 g/mol. The molecule has 4 heterocycles. The third-order valence-corrected chi connectivity index (χ3v) is 5.29. The van der Waals surface area contributed by atoms with Crippen molar-refractivity contribution in [3.63, 3.8) is 0 Å². The van der Waals surface area contributed by atoms with E-state index < -0.39 is 0 Å². The topological polar surface area (TPSA) is 88.8 Å². The van der Waals surface area contributed by atoms with E-state index in [4.69, 9.17) is 0 Å². The molecule has 0 spiro atoms. The van der Waals surface area contributed by atoms with Gasteiger partial charge in [0, 0.05) is 44.1 Å². The molecule has 4 rings (SSSR count). The van der Waals surface area contributed by atoms with E-state index >= 15 is 0 Å². The van der Waals surface area contributed by atoms with Crippen molar-refractivity contribution in [2.24, 2.45) is 7.05 Å². The van der Waals surface area contributed by atoms with Crippen LogP contribution in [0.5, 0.6) is 0 Å². The number of amides is 1. The maximum atomic E-state index is 12.2. The number of aryl methyl sites for hydroxylation is 1. The average molecular weight is 369 g/mol. The van der Waals surface area contributed by atoms with Gasteiger partial charge in [-0.05, 0) is 31.0 Å². The van der Waals surface area contributed by atoms with Crippen molar-refractivity contribution in [3.8, 4) is 0 Å².